The minimum Gasteiger partial charge on any atom is -0.489 e. The summed E-state index contributed by atoms with van der Waals surface area (Å²) in [6.07, 6.45) is 0. The highest BCUT2D eigenvalue weighted by molar-refractivity contribution is 9.08. The van der Waals surface area contributed by atoms with Gasteiger partial charge in [-0.3, -0.25) is 0 Å². The fraction of sp³-hybridized carbons (Fsp3) is 0.111. The van der Waals surface area contributed by atoms with Gasteiger partial charge in [0.05, 0.1) is 0 Å². The van der Waals surface area contributed by atoms with E-state index in [1.54, 1.807) is 0 Å². The van der Waals surface area contributed by atoms with Gasteiger partial charge in [-0.05, 0) is 34.0 Å². The zero-order valence-electron chi connectivity index (χ0n) is 11.1. The van der Waals surface area contributed by atoms with Crippen molar-refractivity contribution in [2.75, 3.05) is 0 Å². The molecule has 3 rings (SSSR count). The Balaban J connectivity index is 1.83. The first-order valence-electron chi connectivity index (χ1n) is 6.61. The van der Waals surface area contributed by atoms with E-state index in [2.05, 4.69) is 70.5 Å². The molecule has 0 amide bonds. The molecule has 100 valence electrons. The minimum atomic E-state index is 0.590. The molecule has 0 unspecified atom stereocenters. The molecule has 3 aromatic carbocycles. The van der Waals surface area contributed by atoms with Gasteiger partial charge in [0, 0.05) is 5.33 Å². The molecule has 2 heteroatoms. The van der Waals surface area contributed by atoms with Crippen LogP contribution >= 0.6 is 15.9 Å². The highest BCUT2D eigenvalue weighted by atomic mass is 79.9. The average molecular weight is 327 g/mol. The topological polar surface area (TPSA) is 9.23 Å². The summed E-state index contributed by atoms with van der Waals surface area (Å²) in [6.45, 7) is 0.590. The van der Waals surface area contributed by atoms with E-state index in [1.807, 2.05) is 12.1 Å². The van der Waals surface area contributed by atoms with Crippen molar-refractivity contribution in [2.45, 2.75) is 11.9 Å². The lowest BCUT2D eigenvalue weighted by Crippen LogP contribution is -1.96. The third kappa shape index (κ3) is 2.86. The lowest BCUT2D eigenvalue weighted by atomic mass is 10.1. The second-order valence-corrected chi connectivity index (χ2v) is 5.27. The lowest BCUT2D eigenvalue weighted by molar-refractivity contribution is 0.307. The van der Waals surface area contributed by atoms with Crippen LogP contribution in [-0.4, -0.2) is 0 Å². The molecule has 0 heterocycles. The van der Waals surface area contributed by atoms with Gasteiger partial charge in [-0.25, -0.2) is 0 Å². The number of alkyl halides is 1. The molecular formula is C18H15BrO. The molecule has 0 atom stereocenters. The van der Waals surface area contributed by atoms with Crippen molar-refractivity contribution in [3.8, 4) is 5.75 Å². The fourth-order valence-electron chi connectivity index (χ4n) is 2.30. The Hall–Kier alpha value is -1.80. The monoisotopic (exact) mass is 326 g/mol. The largest absolute Gasteiger partial charge is 0.489 e. The summed E-state index contributed by atoms with van der Waals surface area (Å²) < 4.78 is 5.92. The number of fused-ring (bicyclic) bond motifs is 1. The normalized spacial score (nSPS) is 10.7. The Labute approximate surface area is 127 Å². The number of ether oxygens (including phenoxy) is 1. The fourth-order valence-corrected chi connectivity index (χ4v) is 2.65. The maximum Gasteiger partial charge on any atom is 0.120 e. The van der Waals surface area contributed by atoms with E-state index in [9.17, 15) is 0 Å². The smallest absolute Gasteiger partial charge is 0.120 e. The zero-order valence-corrected chi connectivity index (χ0v) is 12.6. The Morgan fingerprint density at radius 1 is 0.850 bits per heavy atom. The Morgan fingerprint density at radius 3 is 2.55 bits per heavy atom. The van der Waals surface area contributed by atoms with Gasteiger partial charge in [-0.2, -0.15) is 0 Å². The van der Waals surface area contributed by atoms with Crippen LogP contribution in [0.5, 0.6) is 5.75 Å². The summed E-state index contributed by atoms with van der Waals surface area (Å²) in [5.74, 6) is 0.912. The summed E-state index contributed by atoms with van der Waals surface area (Å²) in [5, 5.41) is 3.35. The van der Waals surface area contributed by atoms with E-state index in [4.69, 9.17) is 4.74 Å². The second-order valence-electron chi connectivity index (χ2n) is 4.71. The van der Waals surface area contributed by atoms with Gasteiger partial charge in [-0.15, -0.1) is 0 Å². The van der Waals surface area contributed by atoms with E-state index in [-0.39, 0.29) is 0 Å². The van der Waals surface area contributed by atoms with E-state index in [1.165, 1.54) is 21.9 Å². The molecule has 1 nitrogen and oxygen atoms in total. The van der Waals surface area contributed by atoms with Gasteiger partial charge >= 0.3 is 0 Å². The van der Waals surface area contributed by atoms with Crippen LogP contribution in [0.15, 0.2) is 66.7 Å². The van der Waals surface area contributed by atoms with Crippen molar-refractivity contribution in [2.24, 2.45) is 0 Å². The van der Waals surface area contributed by atoms with Crippen LogP contribution < -0.4 is 4.74 Å². The van der Waals surface area contributed by atoms with Gasteiger partial charge < -0.3 is 4.74 Å². The summed E-state index contributed by atoms with van der Waals surface area (Å²) in [4.78, 5) is 0. The average Bonchev–Trinajstić information content (AvgIpc) is 2.53. The number of halogens is 1. The SMILES string of the molecule is BrCc1cccc(OCc2cccc3ccccc23)c1. The number of hydrogen-bond donors (Lipinski definition) is 0. The van der Waals surface area contributed by atoms with Crippen molar-refractivity contribution < 1.29 is 4.74 Å². The molecule has 0 saturated carbocycles. The van der Waals surface area contributed by atoms with E-state index in [0.717, 1.165) is 11.1 Å². The third-order valence-electron chi connectivity index (χ3n) is 3.33. The molecule has 0 aliphatic carbocycles. The molecule has 0 radical (unpaired) electrons. The van der Waals surface area contributed by atoms with Gasteiger partial charge in [0.25, 0.3) is 0 Å². The Kier molecular flexibility index (Phi) is 4.03. The van der Waals surface area contributed by atoms with Crippen LogP contribution in [0.3, 0.4) is 0 Å². The van der Waals surface area contributed by atoms with Crippen LogP contribution in [-0.2, 0) is 11.9 Å². The standard InChI is InChI=1S/C18H15BrO/c19-12-14-5-3-9-17(11-14)20-13-16-8-4-7-15-6-1-2-10-18(15)16/h1-11H,12-13H2. The van der Waals surface area contributed by atoms with E-state index >= 15 is 0 Å². The van der Waals surface area contributed by atoms with Crippen LogP contribution in [0.2, 0.25) is 0 Å². The van der Waals surface area contributed by atoms with Gasteiger partial charge in [0.1, 0.15) is 12.4 Å². The molecule has 0 N–H and O–H groups in total. The molecule has 0 bridgehead atoms. The maximum atomic E-state index is 5.92. The van der Waals surface area contributed by atoms with Crippen LogP contribution in [0.4, 0.5) is 0 Å². The molecule has 0 saturated heterocycles. The number of hydrogen-bond acceptors (Lipinski definition) is 1. The molecule has 0 fully saturated rings. The summed E-state index contributed by atoms with van der Waals surface area (Å²) in [6, 6.07) is 22.9. The second kappa shape index (κ2) is 6.10. The Morgan fingerprint density at radius 2 is 1.65 bits per heavy atom. The van der Waals surface area contributed by atoms with Crippen molar-refractivity contribution in [3.05, 3.63) is 77.9 Å². The van der Waals surface area contributed by atoms with Gasteiger partial charge in [-0.1, -0.05) is 70.5 Å². The highest BCUT2D eigenvalue weighted by Crippen LogP contribution is 2.21. The summed E-state index contributed by atoms with van der Waals surface area (Å²) in [7, 11) is 0. The first-order valence-corrected chi connectivity index (χ1v) is 7.73. The lowest BCUT2D eigenvalue weighted by Gasteiger charge is -2.09. The van der Waals surface area contributed by atoms with E-state index in [0.29, 0.717) is 6.61 Å². The van der Waals surface area contributed by atoms with Crippen LogP contribution in [0.1, 0.15) is 11.1 Å². The zero-order chi connectivity index (χ0) is 13.8. The van der Waals surface area contributed by atoms with E-state index < -0.39 is 0 Å². The molecule has 3 aromatic rings. The molecule has 20 heavy (non-hydrogen) atoms. The molecule has 0 aliphatic heterocycles. The van der Waals surface area contributed by atoms with Crippen molar-refractivity contribution in [1.82, 2.24) is 0 Å². The first kappa shape index (κ1) is 13.2. The van der Waals surface area contributed by atoms with Crippen LogP contribution in [0.25, 0.3) is 10.8 Å². The van der Waals surface area contributed by atoms with Crippen molar-refractivity contribution in [1.29, 1.82) is 0 Å². The summed E-state index contributed by atoms with van der Waals surface area (Å²) >= 11 is 3.46. The maximum absolute atomic E-state index is 5.92. The van der Waals surface area contributed by atoms with Gasteiger partial charge in [0.15, 0.2) is 0 Å². The molecule has 0 spiro atoms. The first-order chi connectivity index (χ1) is 9.86. The minimum absolute atomic E-state index is 0.590. The number of rotatable bonds is 4. The van der Waals surface area contributed by atoms with Gasteiger partial charge in [0.2, 0.25) is 0 Å². The molecule has 0 aliphatic rings. The quantitative estimate of drug-likeness (QED) is 0.590. The third-order valence-corrected chi connectivity index (χ3v) is 3.97. The van der Waals surface area contributed by atoms with Crippen molar-refractivity contribution >= 4 is 26.7 Å². The predicted octanol–water partition coefficient (Wildman–Crippen LogP) is 5.31. The Bertz CT molecular complexity index is 716. The molecular weight excluding hydrogens is 312 g/mol. The van der Waals surface area contributed by atoms with Crippen LogP contribution in [0, 0.1) is 0 Å². The van der Waals surface area contributed by atoms with Crippen molar-refractivity contribution in [3.63, 3.8) is 0 Å². The molecule has 0 aromatic heterocycles. The predicted molar refractivity (Wildman–Crippen MR) is 87.4 cm³/mol. The highest BCUT2D eigenvalue weighted by Gasteiger charge is 2.02. The summed E-state index contributed by atoms with van der Waals surface area (Å²) in [5.41, 5.74) is 2.44. The number of benzene rings is 3.